The molecule has 0 bridgehead atoms. The number of Topliss-reactive ketones (excluding diaryl/α,β-unsaturated/α-hetero) is 1. The molecule has 4 rings (SSSR count). The third-order valence-electron chi connectivity index (χ3n) is 6.37. The van der Waals surface area contributed by atoms with E-state index in [2.05, 4.69) is 0 Å². The van der Waals surface area contributed by atoms with Crippen molar-refractivity contribution in [3.05, 3.63) is 81.9 Å². The van der Waals surface area contributed by atoms with Gasteiger partial charge in [-0.25, -0.2) is 0 Å². The van der Waals surface area contributed by atoms with E-state index in [1.807, 2.05) is 13.8 Å². The van der Waals surface area contributed by atoms with E-state index in [-0.39, 0.29) is 46.1 Å². The minimum atomic E-state index is -1.16. The van der Waals surface area contributed by atoms with E-state index < -0.39 is 23.5 Å². The van der Waals surface area contributed by atoms with Gasteiger partial charge >= 0.3 is 0 Å². The summed E-state index contributed by atoms with van der Waals surface area (Å²) in [6.07, 6.45) is 0. The molecule has 1 aliphatic rings. The number of anilines is 1. The average Bonchev–Trinajstić information content (AvgIpc) is 3.16. The van der Waals surface area contributed by atoms with Gasteiger partial charge in [0.15, 0.2) is 11.5 Å². The van der Waals surface area contributed by atoms with Crippen LogP contribution in [0.4, 0.5) is 5.69 Å². The van der Waals surface area contributed by atoms with Gasteiger partial charge in [0.25, 0.3) is 11.7 Å². The third kappa shape index (κ3) is 4.75. The minimum Gasteiger partial charge on any atom is -0.507 e. The van der Waals surface area contributed by atoms with Crippen molar-refractivity contribution in [2.45, 2.75) is 32.7 Å². The van der Waals surface area contributed by atoms with E-state index in [1.54, 1.807) is 32.2 Å². The predicted octanol–water partition coefficient (Wildman–Crippen LogP) is 5.91. The first kappa shape index (κ1) is 26.9. The van der Waals surface area contributed by atoms with Crippen molar-refractivity contribution >= 4 is 34.7 Å². The highest BCUT2D eigenvalue weighted by Gasteiger charge is 2.48. The van der Waals surface area contributed by atoms with Crippen LogP contribution in [0, 0.1) is 0 Å². The van der Waals surface area contributed by atoms with E-state index in [0.29, 0.717) is 16.9 Å². The summed E-state index contributed by atoms with van der Waals surface area (Å²) < 4.78 is 11.0. The second-order valence-electron chi connectivity index (χ2n) is 9.07. The van der Waals surface area contributed by atoms with Gasteiger partial charge in [0.2, 0.25) is 0 Å². The van der Waals surface area contributed by atoms with Gasteiger partial charge in [0.05, 0.1) is 31.0 Å². The number of hydrogen-bond acceptors (Lipinski definition) is 7. The van der Waals surface area contributed by atoms with Crippen LogP contribution in [-0.4, -0.2) is 40.7 Å². The van der Waals surface area contributed by atoms with Gasteiger partial charge in [0.1, 0.15) is 17.3 Å². The molecule has 198 valence electrons. The summed E-state index contributed by atoms with van der Waals surface area (Å²) >= 11 is 6.17. The fraction of sp³-hybridized carbons (Fsp3) is 0.241. The molecule has 3 aromatic carbocycles. The van der Waals surface area contributed by atoms with Crippen LogP contribution in [0.1, 0.15) is 49.4 Å². The fourth-order valence-electron chi connectivity index (χ4n) is 4.55. The molecule has 0 saturated carbocycles. The van der Waals surface area contributed by atoms with Crippen molar-refractivity contribution < 1.29 is 34.4 Å². The zero-order valence-electron chi connectivity index (χ0n) is 21.4. The highest BCUT2D eigenvalue weighted by atomic mass is 35.5. The zero-order valence-corrected chi connectivity index (χ0v) is 22.1. The Hall–Kier alpha value is -4.17. The summed E-state index contributed by atoms with van der Waals surface area (Å²) in [6, 6.07) is 12.3. The maximum atomic E-state index is 13.5. The van der Waals surface area contributed by atoms with Gasteiger partial charge in [-0.05, 0) is 72.5 Å². The molecule has 1 atom stereocenters. The quantitative estimate of drug-likeness (QED) is 0.195. The van der Waals surface area contributed by atoms with Crippen molar-refractivity contribution in [3.63, 3.8) is 0 Å². The molecule has 9 heteroatoms. The van der Waals surface area contributed by atoms with Gasteiger partial charge in [0, 0.05) is 10.6 Å². The van der Waals surface area contributed by atoms with Crippen LogP contribution in [0.3, 0.4) is 0 Å². The van der Waals surface area contributed by atoms with Crippen LogP contribution in [-0.2, 0) is 9.59 Å². The monoisotopic (exact) mass is 537 g/mol. The van der Waals surface area contributed by atoms with Crippen LogP contribution >= 0.6 is 11.6 Å². The second kappa shape index (κ2) is 10.7. The molecule has 1 fully saturated rings. The minimum absolute atomic E-state index is 0.00714. The molecule has 38 heavy (non-hydrogen) atoms. The molecule has 3 aromatic rings. The summed E-state index contributed by atoms with van der Waals surface area (Å²) in [6.45, 7) is 5.94. The Morgan fingerprint density at radius 1 is 1.00 bits per heavy atom. The number of carbonyl (C=O) groups is 2. The van der Waals surface area contributed by atoms with Crippen molar-refractivity contribution in [1.82, 2.24) is 0 Å². The van der Waals surface area contributed by atoms with Gasteiger partial charge in [-0.2, -0.15) is 0 Å². The summed E-state index contributed by atoms with van der Waals surface area (Å²) in [5.41, 5.74) is 1.29. The van der Waals surface area contributed by atoms with E-state index in [9.17, 15) is 24.9 Å². The number of carbonyl (C=O) groups excluding carboxylic acids is 2. The lowest BCUT2D eigenvalue weighted by atomic mass is 9.93. The number of ether oxygens (including phenoxy) is 2. The Bertz CT molecular complexity index is 1450. The normalized spacial score (nSPS) is 16.8. The van der Waals surface area contributed by atoms with Crippen LogP contribution in [0.5, 0.6) is 23.0 Å². The number of aliphatic hydroxyl groups excluding tert-OH is 1. The number of halogens is 1. The lowest BCUT2D eigenvalue weighted by Crippen LogP contribution is -2.29. The molecule has 3 N–H and O–H groups in total. The number of phenolic OH excluding ortho intramolecular Hbond substituents is 2. The summed E-state index contributed by atoms with van der Waals surface area (Å²) in [5, 5.41) is 32.6. The Morgan fingerprint density at radius 3 is 2.37 bits per heavy atom. The third-order valence-corrected chi connectivity index (χ3v) is 6.60. The number of hydrogen-bond donors (Lipinski definition) is 3. The number of amides is 1. The van der Waals surface area contributed by atoms with E-state index >= 15 is 0 Å². The lowest BCUT2D eigenvalue weighted by Gasteiger charge is -2.26. The maximum Gasteiger partial charge on any atom is 0.300 e. The van der Waals surface area contributed by atoms with E-state index in [1.165, 1.54) is 36.4 Å². The van der Waals surface area contributed by atoms with Crippen LogP contribution in [0.25, 0.3) is 5.76 Å². The molecule has 1 heterocycles. The lowest BCUT2D eigenvalue weighted by molar-refractivity contribution is -0.132. The maximum absolute atomic E-state index is 13.5. The molecular formula is C29H28ClNO7. The molecule has 0 aromatic heterocycles. The zero-order chi connectivity index (χ0) is 27.7. The Kier molecular flexibility index (Phi) is 7.55. The molecule has 0 aliphatic carbocycles. The summed E-state index contributed by atoms with van der Waals surface area (Å²) in [4.78, 5) is 28.0. The van der Waals surface area contributed by atoms with Gasteiger partial charge in [-0.1, -0.05) is 31.5 Å². The smallest absolute Gasteiger partial charge is 0.300 e. The van der Waals surface area contributed by atoms with Crippen molar-refractivity contribution in [1.29, 1.82) is 0 Å². The Morgan fingerprint density at radius 2 is 1.71 bits per heavy atom. The van der Waals surface area contributed by atoms with Crippen LogP contribution < -0.4 is 14.4 Å². The fourth-order valence-corrected chi connectivity index (χ4v) is 4.71. The van der Waals surface area contributed by atoms with Gasteiger partial charge in [-0.3, -0.25) is 14.5 Å². The number of aromatic hydroxyl groups is 2. The van der Waals surface area contributed by atoms with Crippen molar-refractivity contribution in [2.75, 3.05) is 18.6 Å². The largest absolute Gasteiger partial charge is 0.507 e. The first-order valence-electron chi connectivity index (χ1n) is 12.0. The molecule has 1 aliphatic heterocycles. The van der Waals surface area contributed by atoms with Crippen molar-refractivity contribution in [2.24, 2.45) is 0 Å². The number of nitrogens with zero attached hydrogens (tertiary/aromatic N) is 1. The highest BCUT2D eigenvalue weighted by Crippen LogP contribution is 2.47. The summed E-state index contributed by atoms with van der Waals surface area (Å²) in [7, 11) is 1.55. The molecule has 8 nitrogen and oxygen atoms in total. The highest BCUT2D eigenvalue weighted by molar-refractivity contribution is 6.52. The first-order valence-corrected chi connectivity index (χ1v) is 12.4. The van der Waals surface area contributed by atoms with E-state index in [0.717, 1.165) is 10.5 Å². The number of methoxy groups -OCH3 is 1. The molecule has 0 radical (unpaired) electrons. The van der Waals surface area contributed by atoms with Gasteiger partial charge in [-0.15, -0.1) is 0 Å². The summed E-state index contributed by atoms with van der Waals surface area (Å²) in [5.74, 6) is -1.91. The number of aliphatic hydroxyl groups is 1. The number of benzene rings is 3. The topological polar surface area (TPSA) is 117 Å². The van der Waals surface area contributed by atoms with Crippen LogP contribution in [0.2, 0.25) is 5.02 Å². The first-order chi connectivity index (χ1) is 18.1. The molecule has 1 unspecified atom stereocenters. The van der Waals surface area contributed by atoms with Crippen molar-refractivity contribution in [3.8, 4) is 23.0 Å². The predicted molar refractivity (Wildman–Crippen MR) is 144 cm³/mol. The second-order valence-corrected chi connectivity index (χ2v) is 9.51. The molecular weight excluding hydrogens is 510 g/mol. The number of rotatable bonds is 7. The molecule has 1 saturated heterocycles. The standard InChI is InChI=1S/C29H28ClNO7/c1-5-38-24-13-16(6-9-22(24)33)26-25(27(34)17-7-11-23(37-4)19(12-17)15(2)3)28(35)29(36)31(26)20-14-18(30)8-10-21(20)32/h6-15,26,32-34H,5H2,1-4H3/b27-25+. The average molecular weight is 538 g/mol. The molecule has 1 amide bonds. The Labute approximate surface area is 225 Å². The molecule has 0 spiro atoms. The SMILES string of the molecule is CCOc1cc(C2/C(=C(\O)c3ccc(OC)c(C(C)C)c3)C(=O)C(=O)N2c2cc(Cl)ccc2O)ccc1O. The van der Waals surface area contributed by atoms with E-state index in [4.69, 9.17) is 21.1 Å². The number of ketones is 1. The van der Waals surface area contributed by atoms with Crippen LogP contribution in [0.15, 0.2) is 60.2 Å². The Balaban J connectivity index is 2.00. The number of phenols is 2. The van der Waals surface area contributed by atoms with Gasteiger partial charge < -0.3 is 24.8 Å².